The molecule has 144 valence electrons. The Labute approximate surface area is 161 Å². The topological polar surface area (TPSA) is 60.5 Å². The standard InChI is InChI=1S/C21H29N5O/c1-25(2)13-5-11-23-21(27)20-16-18(10-12-22-20)24-17-6-8-19(9-7-17)26-14-3-4-15-26/h6-10,12,16H,3-5,11,13-15H2,1-2H3,(H,22,24)(H,23,27). The Morgan fingerprint density at radius 1 is 1.11 bits per heavy atom. The lowest BCUT2D eigenvalue weighted by Crippen LogP contribution is -2.27. The van der Waals surface area contributed by atoms with Crippen LogP contribution in [0.25, 0.3) is 0 Å². The van der Waals surface area contributed by atoms with Gasteiger partial charge < -0.3 is 20.4 Å². The third kappa shape index (κ3) is 5.69. The molecule has 1 amide bonds. The van der Waals surface area contributed by atoms with Crippen LogP contribution in [0.15, 0.2) is 42.6 Å². The van der Waals surface area contributed by atoms with Gasteiger partial charge in [0, 0.05) is 42.9 Å². The molecule has 0 unspecified atom stereocenters. The molecule has 1 saturated heterocycles. The van der Waals surface area contributed by atoms with Crippen molar-refractivity contribution in [1.82, 2.24) is 15.2 Å². The molecule has 1 aromatic heterocycles. The maximum Gasteiger partial charge on any atom is 0.269 e. The minimum Gasteiger partial charge on any atom is -0.372 e. The quantitative estimate of drug-likeness (QED) is 0.702. The number of hydrogen-bond donors (Lipinski definition) is 2. The smallest absolute Gasteiger partial charge is 0.269 e. The van der Waals surface area contributed by atoms with Crippen molar-refractivity contribution in [2.24, 2.45) is 0 Å². The number of carbonyl (C=O) groups is 1. The summed E-state index contributed by atoms with van der Waals surface area (Å²) in [5.41, 5.74) is 3.56. The molecule has 27 heavy (non-hydrogen) atoms. The van der Waals surface area contributed by atoms with E-state index >= 15 is 0 Å². The summed E-state index contributed by atoms with van der Waals surface area (Å²) in [6, 6.07) is 12.1. The molecule has 1 aliphatic heterocycles. The maximum absolute atomic E-state index is 12.3. The van der Waals surface area contributed by atoms with E-state index in [0.29, 0.717) is 12.2 Å². The highest BCUT2D eigenvalue weighted by Gasteiger charge is 2.12. The second kappa shape index (κ2) is 9.37. The lowest BCUT2D eigenvalue weighted by molar-refractivity contribution is 0.0947. The van der Waals surface area contributed by atoms with E-state index in [0.717, 1.165) is 37.4 Å². The van der Waals surface area contributed by atoms with Gasteiger partial charge in [-0.25, -0.2) is 0 Å². The number of pyridine rings is 1. The molecule has 2 heterocycles. The molecule has 0 radical (unpaired) electrons. The summed E-state index contributed by atoms with van der Waals surface area (Å²) in [5.74, 6) is -0.137. The highest BCUT2D eigenvalue weighted by molar-refractivity contribution is 5.93. The summed E-state index contributed by atoms with van der Waals surface area (Å²) in [6.45, 7) is 3.88. The monoisotopic (exact) mass is 367 g/mol. The summed E-state index contributed by atoms with van der Waals surface area (Å²) in [5, 5.41) is 6.28. The van der Waals surface area contributed by atoms with E-state index in [1.165, 1.54) is 18.5 Å². The van der Waals surface area contributed by atoms with Gasteiger partial charge in [0.05, 0.1) is 0 Å². The fraction of sp³-hybridized carbons (Fsp3) is 0.429. The van der Waals surface area contributed by atoms with Crippen LogP contribution in [0.3, 0.4) is 0 Å². The minimum atomic E-state index is -0.137. The largest absolute Gasteiger partial charge is 0.372 e. The molecular formula is C21H29N5O. The molecule has 1 fully saturated rings. The van der Waals surface area contributed by atoms with Crippen molar-refractivity contribution in [3.05, 3.63) is 48.3 Å². The van der Waals surface area contributed by atoms with Crippen LogP contribution in [0.5, 0.6) is 0 Å². The SMILES string of the molecule is CN(C)CCCNC(=O)c1cc(Nc2ccc(N3CCCC3)cc2)ccn1. The van der Waals surface area contributed by atoms with Crippen molar-refractivity contribution in [2.75, 3.05) is 50.5 Å². The Morgan fingerprint density at radius 2 is 1.85 bits per heavy atom. The summed E-state index contributed by atoms with van der Waals surface area (Å²) < 4.78 is 0. The number of hydrogen-bond acceptors (Lipinski definition) is 5. The van der Waals surface area contributed by atoms with Gasteiger partial charge in [0.25, 0.3) is 5.91 Å². The van der Waals surface area contributed by atoms with Gasteiger partial charge in [0.15, 0.2) is 0 Å². The van der Waals surface area contributed by atoms with Crippen molar-refractivity contribution < 1.29 is 4.79 Å². The van der Waals surface area contributed by atoms with E-state index in [2.05, 4.69) is 49.7 Å². The Kier molecular flexibility index (Phi) is 6.65. The molecular weight excluding hydrogens is 338 g/mol. The summed E-state index contributed by atoms with van der Waals surface area (Å²) >= 11 is 0. The molecule has 6 nitrogen and oxygen atoms in total. The van der Waals surface area contributed by atoms with Crippen LogP contribution in [0.2, 0.25) is 0 Å². The Bertz CT molecular complexity index is 738. The van der Waals surface area contributed by atoms with Crippen molar-refractivity contribution in [3.63, 3.8) is 0 Å². The van der Waals surface area contributed by atoms with E-state index in [4.69, 9.17) is 0 Å². The third-order valence-corrected chi connectivity index (χ3v) is 4.69. The number of rotatable bonds is 8. The molecule has 1 aromatic carbocycles. The van der Waals surface area contributed by atoms with E-state index in [1.807, 2.05) is 20.2 Å². The number of nitrogens with one attached hydrogen (secondary N) is 2. The predicted molar refractivity (Wildman–Crippen MR) is 111 cm³/mol. The van der Waals surface area contributed by atoms with Gasteiger partial charge in [0.2, 0.25) is 0 Å². The predicted octanol–water partition coefficient (Wildman–Crippen LogP) is 3.11. The van der Waals surface area contributed by atoms with Crippen molar-refractivity contribution in [3.8, 4) is 0 Å². The molecule has 2 N–H and O–H groups in total. The molecule has 3 rings (SSSR count). The van der Waals surface area contributed by atoms with Gasteiger partial charge in [-0.15, -0.1) is 0 Å². The van der Waals surface area contributed by atoms with E-state index in [-0.39, 0.29) is 5.91 Å². The third-order valence-electron chi connectivity index (χ3n) is 4.69. The van der Waals surface area contributed by atoms with Gasteiger partial charge in [-0.3, -0.25) is 9.78 Å². The second-order valence-corrected chi connectivity index (χ2v) is 7.21. The molecule has 0 bridgehead atoms. The molecule has 0 saturated carbocycles. The number of benzene rings is 1. The van der Waals surface area contributed by atoms with Crippen LogP contribution in [-0.2, 0) is 0 Å². The number of amides is 1. The lowest BCUT2D eigenvalue weighted by atomic mass is 10.2. The van der Waals surface area contributed by atoms with Crippen LogP contribution in [0.1, 0.15) is 29.8 Å². The molecule has 1 aliphatic rings. The van der Waals surface area contributed by atoms with E-state index in [9.17, 15) is 4.79 Å². The van der Waals surface area contributed by atoms with Crippen molar-refractivity contribution in [2.45, 2.75) is 19.3 Å². The van der Waals surface area contributed by atoms with Crippen LogP contribution in [-0.4, -0.2) is 56.1 Å². The first-order valence-corrected chi connectivity index (χ1v) is 9.63. The molecule has 0 aliphatic carbocycles. The highest BCUT2D eigenvalue weighted by atomic mass is 16.1. The first-order valence-electron chi connectivity index (χ1n) is 9.63. The van der Waals surface area contributed by atoms with Gasteiger partial charge in [-0.2, -0.15) is 0 Å². The summed E-state index contributed by atoms with van der Waals surface area (Å²) in [6.07, 6.45) is 5.13. The number of anilines is 3. The zero-order valence-corrected chi connectivity index (χ0v) is 16.2. The first-order chi connectivity index (χ1) is 13.1. The number of aromatic nitrogens is 1. The molecule has 2 aromatic rings. The van der Waals surface area contributed by atoms with E-state index in [1.54, 1.807) is 12.3 Å². The Morgan fingerprint density at radius 3 is 2.56 bits per heavy atom. The highest BCUT2D eigenvalue weighted by Crippen LogP contribution is 2.24. The lowest BCUT2D eigenvalue weighted by Gasteiger charge is -2.18. The average Bonchev–Trinajstić information content (AvgIpc) is 3.20. The first kappa shape index (κ1) is 19.2. The second-order valence-electron chi connectivity index (χ2n) is 7.21. The fourth-order valence-corrected chi connectivity index (χ4v) is 3.22. The van der Waals surface area contributed by atoms with Gasteiger partial charge in [-0.1, -0.05) is 0 Å². The summed E-state index contributed by atoms with van der Waals surface area (Å²) in [7, 11) is 4.05. The van der Waals surface area contributed by atoms with Crippen LogP contribution < -0.4 is 15.5 Å². The van der Waals surface area contributed by atoms with Crippen molar-refractivity contribution in [1.29, 1.82) is 0 Å². The van der Waals surface area contributed by atoms with E-state index < -0.39 is 0 Å². The number of nitrogens with zero attached hydrogens (tertiary/aromatic N) is 3. The van der Waals surface area contributed by atoms with Gasteiger partial charge in [0.1, 0.15) is 5.69 Å². The fourth-order valence-electron chi connectivity index (χ4n) is 3.22. The van der Waals surface area contributed by atoms with Crippen LogP contribution in [0.4, 0.5) is 17.1 Å². The van der Waals surface area contributed by atoms with Gasteiger partial charge >= 0.3 is 0 Å². The van der Waals surface area contributed by atoms with Gasteiger partial charge in [-0.05, 0) is 76.3 Å². The number of carbonyl (C=O) groups excluding carboxylic acids is 1. The minimum absolute atomic E-state index is 0.137. The molecule has 0 atom stereocenters. The average molecular weight is 367 g/mol. The van der Waals surface area contributed by atoms with Crippen LogP contribution in [0, 0.1) is 0 Å². The van der Waals surface area contributed by atoms with Crippen molar-refractivity contribution >= 4 is 23.0 Å². The normalized spacial score (nSPS) is 13.8. The zero-order valence-electron chi connectivity index (χ0n) is 16.2. The van der Waals surface area contributed by atoms with Crippen LogP contribution >= 0.6 is 0 Å². The molecule has 0 spiro atoms. The Balaban J connectivity index is 1.56. The Hall–Kier alpha value is -2.60. The summed E-state index contributed by atoms with van der Waals surface area (Å²) in [4.78, 5) is 21.0. The maximum atomic E-state index is 12.3. The molecule has 6 heteroatoms. The zero-order chi connectivity index (χ0) is 19.1.